The fraction of sp³-hybridized carbons (Fsp3) is 0.438. The Morgan fingerprint density at radius 1 is 1.28 bits per heavy atom. The maximum absolute atomic E-state index is 6.07. The number of pyridine rings is 1. The van der Waals surface area contributed by atoms with Crippen LogP contribution in [0.3, 0.4) is 0 Å². The molecular formula is C16H22Cl2N6S. The molecule has 0 unspecified atom stereocenters. The molecule has 6 nitrogen and oxygen atoms in total. The van der Waals surface area contributed by atoms with Crippen LogP contribution < -0.4 is 16.0 Å². The normalized spacial score (nSPS) is 11.7. The summed E-state index contributed by atoms with van der Waals surface area (Å²) in [6, 6.07) is 1.66. The molecule has 0 saturated heterocycles. The lowest BCUT2D eigenvalue weighted by molar-refractivity contribution is 0.787. The largest absolute Gasteiger partial charge is 0.367 e. The summed E-state index contributed by atoms with van der Waals surface area (Å²) in [6.07, 6.45) is 1.56. The topological polar surface area (TPSA) is 74.2 Å². The van der Waals surface area contributed by atoms with Gasteiger partial charge in [-0.3, -0.25) is 4.99 Å². The molecule has 0 amide bonds. The summed E-state index contributed by atoms with van der Waals surface area (Å²) in [7, 11) is 1.74. The van der Waals surface area contributed by atoms with E-state index in [4.69, 9.17) is 23.2 Å². The van der Waals surface area contributed by atoms with Gasteiger partial charge in [-0.2, -0.15) is 0 Å². The highest BCUT2D eigenvalue weighted by Gasteiger charge is 2.06. The van der Waals surface area contributed by atoms with Crippen LogP contribution in [-0.2, 0) is 6.54 Å². The van der Waals surface area contributed by atoms with Crippen LogP contribution >= 0.6 is 34.5 Å². The lowest BCUT2D eigenvalue weighted by Crippen LogP contribution is -2.39. The van der Waals surface area contributed by atoms with Crippen molar-refractivity contribution < 1.29 is 0 Å². The fourth-order valence-electron chi connectivity index (χ4n) is 1.96. The van der Waals surface area contributed by atoms with Crippen LogP contribution in [0.5, 0.6) is 0 Å². The van der Waals surface area contributed by atoms with Crippen LogP contribution in [0.2, 0.25) is 10.0 Å². The molecule has 3 N–H and O–H groups in total. The molecule has 2 rings (SSSR count). The van der Waals surface area contributed by atoms with Crippen molar-refractivity contribution in [2.75, 3.05) is 25.5 Å². The highest BCUT2D eigenvalue weighted by atomic mass is 35.5. The monoisotopic (exact) mass is 400 g/mol. The molecule has 0 aromatic carbocycles. The first-order valence-corrected chi connectivity index (χ1v) is 9.57. The van der Waals surface area contributed by atoms with Crippen molar-refractivity contribution in [2.24, 2.45) is 4.99 Å². The summed E-state index contributed by atoms with van der Waals surface area (Å²) < 4.78 is 0. The van der Waals surface area contributed by atoms with E-state index in [1.807, 2.05) is 0 Å². The summed E-state index contributed by atoms with van der Waals surface area (Å²) in [5, 5.41) is 13.8. The minimum Gasteiger partial charge on any atom is -0.367 e. The van der Waals surface area contributed by atoms with Crippen LogP contribution in [0.1, 0.15) is 30.5 Å². The van der Waals surface area contributed by atoms with Crippen LogP contribution in [0, 0.1) is 0 Å². The Bertz CT molecular complexity index is 716. The van der Waals surface area contributed by atoms with Gasteiger partial charge >= 0.3 is 0 Å². The maximum atomic E-state index is 6.07. The first-order valence-electron chi connectivity index (χ1n) is 7.93. The number of nitrogens with one attached hydrogen (secondary N) is 3. The average Bonchev–Trinajstić information content (AvgIpc) is 3.05. The molecule has 0 radical (unpaired) electrons. The zero-order chi connectivity index (χ0) is 18.2. The Labute approximate surface area is 162 Å². The third-order valence-electron chi connectivity index (χ3n) is 3.31. The first-order chi connectivity index (χ1) is 12.0. The van der Waals surface area contributed by atoms with E-state index in [1.165, 1.54) is 0 Å². The number of hydrogen-bond donors (Lipinski definition) is 3. The van der Waals surface area contributed by atoms with Gasteiger partial charge in [-0.1, -0.05) is 37.0 Å². The second-order valence-corrected chi connectivity index (χ2v) is 7.37. The van der Waals surface area contributed by atoms with E-state index in [2.05, 4.69) is 50.1 Å². The summed E-state index contributed by atoms with van der Waals surface area (Å²) in [4.78, 5) is 13.0. The van der Waals surface area contributed by atoms with Crippen molar-refractivity contribution in [2.45, 2.75) is 26.3 Å². The maximum Gasteiger partial charge on any atom is 0.191 e. The van der Waals surface area contributed by atoms with Gasteiger partial charge in [-0.15, -0.1) is 11.3 Å². The molecule has 0 bridgehead atoms. The molecule has 2 aromatic rings. The van der Waals surface area contributed by atoms with Crippen molar-refractivity contribution in [1.29, 1.82) is 0 Å². The Kier molecular flexibility index (Phi) is 7.74. The molecular weight excluding hydrogens is 379 g/mol. The van der Waals surface area contributed by atoms with Crippen LogP contribution in [-0.4, -0.2) is 36.1 Å². The highest BCUT2D eigenvalue weighted by molar-refractivity contribution is 7.09. The molecule has 0 atom stereocenters. The van der Waals surface area contributed by atoms with E-state index < -0.39 is 0 Å². The number of aliphatic imine (C=N–C) groups is 1. The highest BCUT2D eigenvalue weighted by Crippen LogP contribution is 2.22. The summed E-state index contributed by atoms with van der Waals surface area (Å²) in [5.41, 5.74) is 1.13. The summed E-state index contributed by atoms with van der Waals surface area (Å²) >= 11 is 13.6. The molecule has 9 heteroatoms. The number of anilines is 1. The molecule has 2 aromatic heterocycles. The lowest BCUT2D eigenvalue weighted by Gasteiger charge is -2.12. The molecule has 0 saturated carbocycles. The predicted molar refractivity (Wildman–Crippen MR) is 107 cm³/mol. The first kappa shape index (κ1) is 19.8. The van der Waals surface area contributed by atoms with Gasteiger partial charge in [0, 0.05) is 31.7 Å². The van der Waals surface area contributed by atoms with Crippen LogP contribution in [0.15, 0.2) is 22.6 Å². The number of thiazole rings is 1. The molecule has 0 spiro atoms. The van der Waals surface area contributed by atoms with Crippen molar-refractivity contribution in [3.05, 3.63) is 38.4 Å². The number of nitrogens with zero attached hydrogens (tertiary/aromatic N) is 3. The third-order valence-corrected chi connectivity index (χ3v) is 4.67. The minimum atomic E-state index is 0.446. The van der Waals surface area contributed by atoms with E-state index in [1.54, 1.807) is 30.6 Å². The Morgan fingerprint density at radius 2 is 2.08 bits per heavy atom. The summed E-state index contributed by atoms with van der Waals surface area (Å²) in [6.45, 7) is 6.23. The molecule has 0 aliphatic heterocycles. The zero-order valence-corrected chi connectivity index (χ0v) is 16.8. The molecule has 136 valence electrons. The van der Waals surface area contributed by atoms with Gasteiger partial charge in [0.25, 0.3) is 0 Å². The molecule has 0 aliphatic rings. The number of aromatic nitrogens is 2. The quantitative estimate of drug-likeness (QED) is 0.374. The van der Waals surface area contributed by atoms with Gasteiger partial charge in [0.2, 0.25) is 0 Å². The number of rotatable bonds is 7. The zero-order valence-electron chi connectivity index (χ0n) is 14.4. The van der Waals surface area contributed by atoms with E-state index >= 15 is 0 Å². The molecule has 2 heterocycles. The van der Waals surface area contributed by atoms with Gasteiger partial charge in [0.1, 0.15) is 10.8 Å². The van der Waals surface area contributed by atoms with Crippen LogP contribution in [0.25, 0.3) is 0 Å². The van der Waals surface area contributed by atoms with Gasteiger partial charge in [0.15, 0.2) is 5.96 Å². The van der Waals surface area contributed by atoms with Crippen molar-refractivity contribution >= 4 is 46.3 Å². The smallest absolute Gasteiger partial charge is 0.191 e. The van der Waals surface area contributed by atoms with Crippen LogP contribution in [0.4, 0.5) is 5.82 Å². The standard InChI is InChI=1S/C16H22Cl2N6S/c1-10(2)13-9-25-14(24-13)8-23-16(19-3)21-5-4-20-15-12(18)6-11(17)7-22-15/h6-7,9-10H,4-5,8H2,1-3H3,(H,20,22)(H2,19,21,23). The third kappa shape index (κ3) is 6.34. The number of guanidine groups is 1. The van der Waals surface area contributed by atoms with E-state index in [9.17, 15) is 0 Å². The van der Waals surface area contributed by atoms with Crippen molar-refractivity contribution in [1.82, 2.24) is 20.6 Å². The van der Waals surface area contributed by atoms with Gasteiger partial charge in [-0.05, 0) is 12.0 Å². The van der Waals surface area contributed by atoms with E-state index in [0.717, 1.165) is 16.7 Å². The summed E-state index contributed by atoms with van der Waals surface area (Å²) in [5.74, 6) is 1.78. The second-order valence-electron chi connectivity index (χ2n) is 5.58. The Balaban J connectivity index is 1.72. The van der Waals surface area contributed by atoms with E-state index in [0.29, 0.717) is 41.4 Å². The molecule has 25 heavy (non-hydrogen) atoms. The van der Waals surface area contributed by atoms with Gasteiger partial charge in [0.05, 0.1) is 22.3 Å². The lowest BCUT2D eigenvalue weighted by atomic mass is 10.2. The fourth-order valence-corrected chi connectivity index (χ4v) is 3.30. The minimum absolute atomic E-state index is 0.446. The number of halogens is 2. The van der Waals surface area contributed by atoms with Crippen molar-refractivity contribution in [3.63, 3.8) is 0 Å². The SMILES string of the molecule is CN=C(NCCNc1ncc(Cl)cc1Cl)NCc1nc(C(C)C)cs1. The van der Waals surface area contributed by atoms with Gasteiger partial charge in [-0.25, -0.2) is 9.97 Å². The molecule has 0 fully saturated rings. The predicted octanol–water partition coefficient (Wildman–Crippen LogP) is 3.75. The Morgan fingerprint density at radius 3 is 2.72 bits per heavy atom. The average molecular weight is 401 g/mol. The van der Waals surface area contributed by atoms with Crippen molar-refractivity contribution in [3.8, 4) is 0 Å². The Hall–Kier alpha value is -1.57. The second kappa shape index (κ2) is 9.79. The number of hydrogen-bond acceptors (Lipinski definition) is 5. The van der Waals surface area contributed by atoms with Gasteiger partial charge < -0.3 is 16.0 Å². The molecule has 0 aliphatic carbocycles. The van der Waals surface area contributed by atoms with E-state index in [-0.39, 0.29) is 0 Å².